The molecule has 1 heterocycles. The zero-order chi connectivity index (χ0) is 11.3. The molecule has 0 bridgehead atoms. The topological polar surface area (TPSA) is 29.9 Å². The molecule has 0 radical (unpaired) electrons. The molecule has 0 aromatic carbocycles. The van der Waals surface area contributed by atoms with E-state index < -0.39 is 0 Å². The second kappa shape index (κ2) is 5.71. The van der Waals surface area contributed by atoms with Crippen LogP contribution in [-0.4, -0.2) is 22.9 Å². The molecule has 1 rings (SSSR count). The summed E-state index contributed by atoms with van der Waals surface area (Å²) in [7, 11) is 1.95. The summed E-state index contributed by atoms with van der Waals surface area (Å²) < 4.78 is 1.86. The van der Waals surface area contributed by atoms with Gasteiger partial charge < -0.3 is 5.32 Å². The van der Waals surface area contributed by atoms with Gasteiger partial charge in [0.05, 0.1) is 5.69 Å². The third-order valence-corrected chi connectivity index (χ3v) is 2.28. The van der Waals surface area contributed by atoms with E-state index in [1.165, 1.54) is 17.6 Å². The lowest BCUT2D eigenvalue weighted by atomic mass is 10.2. The Morgan fingerprint density at radius 2 is 2.33 bits per heavy atom. The van der Waals surface area contributed by atoms with Gasteiger partial charge in [-0.25, -0.2) is 0 Å². The number of aromatic nitrogens is 2. The largest absolute Gasteiger partial charge is 0.313 e. The molecule has 84 valence electrons. The zero-order valence-corrected chi connectivity index (χ0v) is 10.2. The second-order valence-corrected chi connectivity index (χ2v) is 4.01. The lowest BCUT2D eigenvalue weighted by Gasteiger charge is -2.02. The molecular weight excluding hydrogens is 186 g/mol. The molecule has 1 N–H and O–H groups in total. The van der Waals surface area contributed by atoms with Crippen molar-refractivity contribution in [1.82, 2.24) is 15.1 Å². The van der Waals surface area contributed by atoms with Gasteiger partial charge in [-0.3, -0.25) is 4.68 Å². The Morgan fingerprint density at radius 3 is 2.87 bits per heavy atom. The molecule has 0 spiro atoms. The predicted octanol–water partition coefficient (Wildman–Crippen LogP) is 2.13. The SMILES string of the molecule is CCCNCC(C)=Cc1cn(C)nc1C. The molecule has 15 heavy (non-hydrogen) atoms. The van der Waals surface area contributed by atoms with Crippen LogP contribution in [0.2, 0.25) is 0 Å². The van der Waals surface area contributed by atoms with Gasteiger partial charge in [0.1, 0.15) is 0 Å². The number of nitrogens with zero attached hydrogens (tertiary/aromatic N) is 2. The number of nitrogens with one attached hydrogen (secondary N) is 1. The molecule has 0 unspecified atom stereocenters. The van der Waals surface area contributed by atoms with Gasteiger partial charge in [-0.05, 0) is 26.8 Å². The van der Waals surface area contributed by atoms with E-state index in [1.807, 2.05) is 18.7 Å². The first-order valence-corrected chi connectivity index (χ1v) is 5.51. The van der Waals surface area contributed by atoms with Crippen LogP contribution in [-0.2, 0) is 7.05 Å². The minimum Gasteiger partial charge on any atom is -0.313 e. The van der Waals surface area contributed by atoms with Gasteiger partial charge in [-0.1, -0.05) is 18.6 Å². The highest BCUT2D eigenvalue weighted by atomic mass is 15.2. The summed E-state index contributed by atoms with van der Waals surface area (Å²) in [5.74, 6) is 0. The van der Waals surface area contributed by atoms with Crippen LogP contribution in [0.1, 0.15) is 31.5 Å². The minimum atomic E-state index is 0.960. The smallest absolute Gasteiger partial charge is 0.0665 e. The first kappa shape index (κ1) is 12.0. The first-order chi connectivity index (χ1) is 7.13. The van der Waals surface area contributed by atoms with Crippen molar-refractivity contribution in [3.63, 3.8) is 0 Å². The van der Waals surface area contributed by atoms with Crippen molar-refractivity contribution in [2.24, 2.45) is 7.05 Å². The van der Waals surface area contributed by atoms with E-state index in [0.29, 0.717) is 0 Å². The Balaban J connectivity index is 2.58. The van der Waals surface area contributed by atoms with Gasteiger partial charge in [0.25, 0.3) is 0 Å². The third kappa shape index (κ3) is 3.88. The van der Waals surface area contributed by atoms with Crippen LogP contribution in [0.25, 0.3) is 6.08 Å². The summed E-state index contributed by atoms with van der Waals surface area (Å²) in [6, 6.07) is 0. The van der Waals surface area contributed by atoms with E-state index in [0.717, 1.165) is 18.8 Å². The maximum atomic E-state index is 4.31. The maximum Gasteiger partial charge on any atom is 0.0665 e. The molecule has 0 saturated carbocycles. The van der Waals surface area contributed by atoms with E-state index in [9.17, 15) is 0 Å². The number of hydrogen-bond acceptors (Lipinski definition) is 2. The molecule has 0 atom stereocenters. The summed E-state index contributed by atoms with van der Waals surface area (Å²) in [4.78, 5) is 0. The van der Waals surface area contributed by atoms with Crippen molar-refractivity contribution >= 4 is 6.08 Å². The molecular formula is C12H21N3. The molecule has 0 aliphatic heterocycles. The average molecular weight is 207 g/mol. The highest BCUT2D eigenvalue weighted by Gasteiger charge is 1.99. The zero-order valence-electron chi connectivity index (χ0n) is 10.2. The normalized spacial score (nSPS) is 12.1. The van der Waals surface area contributed by atoms with Crippen LogP contribution < -0.4 is 5.32 Å². The first-order valence-electron chi connectivity index (χ1n) is 5.51. The Labute approximate surface area is 92.2 Å². The number of aryl methyl sites for hydroxylation is 2. The molecule has 3 heteroatoms. The summed E-state index contributed by atoms with van der Waals surface area (Å²) >= 11 is 0. The number of rotatable bonds is 5. The van der Waals surface area contributed by atoms with Crippen molar-refractivity contribution in [1.29, 1.82) is 0 Å². The predicted molar refractivity (Wildman–Crippen MR) is 64.8 cm³/mol. The highest BCUT2D eigenvalue weighted by molar-refractivity contribution is 5.53. The summed E-state index contributed by atoms with van der Waals surface area (Å²) in [5, 5.41) is 7.70. The van der Waals surface area contributed by atoms with Gasteiger partial charge in [0.2, 0.25) is 0 Å². The molecule has 1 aromatic rings. The van der Waals surface area contributed by atoms with E-state index in [-0.39, 0.29) is 0 Å². The Morgan fingerprint density at radius 1 is 1.60 bits per heavy atom. The molecule has 0 aliphatic carbocycles. The third-order valence-electron chi connectivity index (χ3n) is 2.28. The van der Waals surface area contributed by atoms with Gasteiger partial charge in [-0.2, -0.15) is 5.10 Å². The second-order valence-electron chi connectivity index (χ2n) is 4.01. The lowest BCUT2D eigenvalue weighted by Crippen LogP contribution is -2.16. The Bertz CT molecular complexity index is 337. The Hall–Kier alpha value is -1.09. The standard InChI is InChI=1S/C12H21N3/c1-5-6-13-8-10(2)7-12-9-15(4)14-11(12)3/h7,9,13H,5-6,8H2,1-4H3. The van der Waals surface area contributed by atoms with Crippen molar-refractivity contribution in [3.8, 4) is 0 Å². The minimum absolute atomic E-state index is 0.960. The Kier molecular flexibility index (Phi) is 4.56. The van der Waals surface area contributed by atoms with Crippen molar-refractivity contribution in [3.05, 3.63) is 23.0 Å². The van der Waals surface area contributed by atoms with Gasteiger partial charge in [-0.15, -0.1) is 0 Å². The van der Waals surface area contributed by atoms with Crippen molar-refractivity contribution in [2.75, 3.05) is 13.1 Å². The highest BCUT2D eigenvalue weighted by Crippen LogP contribution is 2.09. The van der Waals surface area contributed by atoms with Crippen molar-refractivity contribution in [2.45, 2.75) is 27.2 Å². The molecule has 0 fully saturated rings. The van der Waals surface area contributed by atoms with Gasteiger partial charge in [0, 0.05) is 25.4 Å². The fourth-order valence-electron chi connectivity index (χ4n) is 1.54. The quantitative estimate of drug-likeness (QED) is 0.750. The van der Waals surface area contributed by atoms with E-state index in [2.05, 4.69) is 36.5 Å². The monoisotopic (exact) mass is 207 g/mol. The van der Waals surface area contributed by atoms with Crippen LogP contribution in [0.5, 0.6) is 0 Å². The lowest BCUT2D eigenvalue weighted by molar-refractivity contribution is 0.715. The summed E-state index contributed by atoms with van der Waals surface area (Å²) in [6.45, 7) is 8.41. The number of hydrogen-bond donors (Lipinski definition) is 1. The van der Waals surface area contributed by atoms with Crippen LogP contribution in [0.4, 0.5) is 0 Å². The molecule has 1 aromatic heterocycles. The van der Waals surface area contributed by atoms with Crippen LogP contribution in [0, 0.1) is 6.92 Å². The fraction of sp³-hybridized carbons (Fsp3) is 0.583. The van der Waals surface area contributed by atoms with Gasteiger partial charge in [0.15, 0.2) is 0 Å². The van der Waals surface area contributed by atoms with E-state index in [4.69, 9.17) is 0 Å². The maximum absolute atomic E-state index is 4.31. The average Bonchev–Trinajstić information content (AvgIpc) is 2.45. The van der Waals surface area contributed by atoms with Gasteiger partial charge >= 0.3 is 0 Å². The van der Waals surface area contributed by atoms with E-state index in [1.54, 1.807) is 0 Å². The fourth-order valence-corrected chi connectivity index (χ4v) is 1.54. The molecule has 0 amide bonds. The van der Waals surface area contributed by atoms with Crippen LogP contribution in [0.3, 0.4) is 0 Å². The molecule has 3 nitrogen and oxygen atoms in total. The van der Waals surface area contributed by atoms with Crippen molar-refractivity contribution < 1.29 is 0 Å². The van der Waals surface area contributed by atoms with Crippen LogP contribution >= 0.6 is 0 Å². The summed E-state index contributed by atoms with van der Waals surface area (Å²) in [5.41, 5.74) is 3.65. The van der Waals surface area contributed by atoms with Crippen LogP contribution in [0.15, 0.2) is 11.8 Å². The molecule has 0 aliphatic rings. The molecule has 0 saturated heterocycles. The van der Waals surface area contributed by atoms with E-state index >= 15 is 0 Å². The summed E-state index contributed by atoms with van der Waals surface area (Å²) in [6.07, 6.45) is 5.43.